The number of aryl methyl sites for hydroxylation is 1. The molecule has 1 atom stereocenters. The molecule has 2 heteroatoms. The smallest absolute Gasteiger partial charge is 0.0705 e. The second kappa shape index (κ2) is 4.22. The van der Waals surface area contributed by atoms with Gasteiger partial charge in [-0.3, -0.25) is 0 Å². The van der Waals surface area contributed by atoms with Gasteiger partial charge in [0.15, 0.2) is 0 Å². The molecule has 1 aliphatic heterocycles. The minimum Gasteiger partial charge on any atom is -0.303 e. The molecule has 0 amide bonds. The number of nitrogens with zero attached hydrogens (tertiary/aromatic N) is 1. The van der Waals surface area contributed by atoms with Crippen LogP contribution in [0.3, 0.4) is 0 Å². The molecular formula is C15H16N2. The van der Waals surface area contributed by atoms with E-state index >= 15 is 0 Å². The third-order valence-corrected chi connectivity index (χ3v) is 3.48. The molecule has 0 saturated carbocycles. The first-order valence-electron chi connectivity index (χ1n) is 6.03. The standard InChI is InChI=1S/C15H16N2/c16-17-14-9-5-4-8-13(14)10-11-15(17)12-6-2-1-3-7-12/h1-9,15H,10-11,16H2. The van der Waals surface area contributed by atoms with Crippen molar-refractivity contribution in [3.8, 4) is 0 Å². The van der Waals surface area contributed by atoms with Crippen molar-refractivity contribution in [1.29, 1.82) is 0 Å². The van der Waals surface area contributed by atoms with Gasteiger partial charge in [0.2, 0.25) is 0 Å². The zero-order valence-corrected chi connectivity index (χ0v) is 9.71. The topological polar surface area (TPSA) is 29.3 Å². The molecule has 17 heavy (non-hydrogen) atoms. The highest BCUT2D eigenvalue weighted by Gasteiger charge is 2.24. The minimum absolute atomic E-state index is 0.297. The fraction of sp³-hybridized carbons (Fsp3) is 0.200. The Bertz CT molecular complexity index is 507. The Hall–Kier alpha value is -1.80. The van der Waals surface area contributed by atoms with Crippen LogP contribution in [-0.4, -0.2) is 0 Å². The van der Waals surface area contributed by atoms with Crippen molar-refractivity contribution < 1.29 is 0 Å². The van der Waals surface area contributed by atoms with Crippen LogP contribution in [0.4, 0.5) is 5.69 Å². The molecule has 0 fully saturated rings. The van der Waals surface area contributed by atoms with Gasteiger partial charge in [-0.2, -0.15) is 0 Å². The first-order chi connectivity index (χ1) is 8.36. The highest BCUT2D eigenvalue weighted by molar-refractivity contribution is 5.56. The summed E-state index contributed by atoms with van der Waals surface area (Å²) in [4.78, 5) is 0. The predicted molar refractivity (Wildman–Crippen MR) is 70.6 cm³/mol. The van der Waals surface area contributed by atoms with Crippen LogP contribution in [0.5, 0.6) is 0 Å². The molecule has 1 heterocycles. The number of hydrazine groups is 1. The van der Waals surface area contributed by atoms with Gasteiger partial charge in [-0.1, -0.05) is 48.5 Å². The van der Waals surface area contributed by atoms with Crippen LogP contribution in [0.2, 0.25) is 0 Å². The number of anilines is 1. The van der Waals surface area contributed by atoms with E-state index in [1.165, 1.54) is 11.1 Å². The summed E-state index contributed by atoms with van der Waals surface area (Å²) < 4.78 is 0. The Kier molecular flexibility index (Phi) is 2.57. The maximum absolute atomic E-state index is 6.26. The monoisotopic (exact) mass is 224 g/mol. The summed E-state index contributed by atoms with van der Waals surface area (Å²) >= 11 is 0. The molecule has 2 N–H and O–H groups in total. The van der Waals surface area contributed by atoms with Gasteiger partial charge in [0.05, 0.1) is 11.7 Å². The quantitative estimate of drug-likeness (QED) is 0.754. The van der Waals surface area contributed by atoms with E-state index in [9.17, 15) is 0 Å². The van der Waals surface area contributed by atoms with E-state index < -0.39 is 0 Å². The number of rotatable bonds is 1. The lowest BCUT2D eigenvalue weighted by atomic mass is 9.93. The summed E-state index contributed by atoms with van der Waals surface area (Å²) in [5, 5.41) is 1.91. The Morgan fingerprint density at radius 1 is 0.941 bits per heavy atom. The van der Waals surface area contributed by atoms with E-state index in [1.54, 1.807) is 0 Å². The molecule has 0 saturated heterocycles. The van der Waals surface area contributed by atoms with Crippen molar-refractivity contribution in [2.24, 2.45) is 5.84 Å². The van der Waals surface area contributed by atoms with Crippen LogP contribution in [0.1, 0.15) is 23.6 Å². The third kappa shape index (κ3) is 1.81. The molecule has 2 aromatic carbocycles. The molecule has 0 aromatic heterocycles. The number of fused-ring (bicyclic) bond motifs is 1. The van der Waals surface area contributed by atoms with Gasteiger partial charge >= 0.3 is 0 Å². The molecule has 1 aliphatic rings. The Balaban J connectivity index is 1.97. The van der Waals surface area contributed by atoms with Crippen LogP contribution in [0, 0.1) is 0 Å². The number of hydrogen-bond donors (Lipinski definition) is 1. The molecule has 2 nitrogen and oxygen atoms in total. The van der Waals surface area contributed by atoms with Crippen LogP contribution in [0.15, 0.2) is 54.6 Å². The van der Waals surface area contributed by atoms with Gasteiger partial charge in [0.1, 0.15) is 0 Å². The van der Waals surface area contributed by atoms with Gasteiger partial charge in [0, 0.05) is 0 Å². The van der Waals surface area contributed by atoms with Crippen LogP contribution in [-0.2, 0) is 6.42 Å². The van der Waals surface area contributed by atoms with Crippen molar-refractivity contribution in [3.63, 3.8) is 0 Å². The van der Waals surface area contributed by atoms with Gasteiger partial charge < -0.3 is 5.01 Å². The summed E-state index contributed by atoms with van der Waals surface area (Å²) in [5.74, 6) is 6.26. The molecular weight excluding hydrogens is 208 g/mol. The van der Waals surface area contributed by atoms with Gasteiger partial charge in [-0.25, -0.2) is 5.84 Å². The lowest BCUT2D eigenvalue weighted by Crippen LogP contribution is -2.38. The Labute approximate surface area is 102 Å². The average Bonchev–Trinajstić information content (AvgIpc) is 2.40. The number of nitrogens with two attached hydrogens (primary N) is 1. The van der Waals surface area contributed by atoms with Crippen LogP contribution < -0.4 is 10.9 Å². The summed E-state index contributed by atoms with van der Waals surface area (Å²) in [6, 6.07) is 19.2. The van der Waals surface area contributed by atoms with Crippen molar-refractivity contribution in [2.75, 3.05) is 5.01 Å². The number of hydrogen-bond acceptors (Lipinski definition) is 2. The lowest BCUT2D eigenvalue weighted by molar-refractivity contribution is 0.560. The summed E-state index contributed by atoms with van der Waals surface area (Å²) in [6.07, 6.45) is 2.18. The van der Waals surface area contributed by atoms with Crippen LogP contribution >= 0.6 is 0 Å². The predicted octanol–water partition coefficient (Wildman–Crippen LogP) is 3.05. The van der Waals surface area contributed by atoms with E-state index in [4.69, 9.17) is 5.84 Å². The zero-order chi connectivity index (χ0) is 11.7. The highest BCUT2D eigenvalue weighted by Crippen LogP contribution is 2.35. The van der Waals surface area contributed by atoms with E-state index in [2.05, 4.69) is 42.5 Å². The molecule has 0 radical (unpaired) electrons. The van der Waals surface area contributed by atoms with Crippen molar-refractivity contribution >= 4 is 5.69 Å². The summed E-state index contributed by atoms with van der Waals surface area (Å²) in [6.45, 7) is 0. The normalized spacial score (nSPS) is 18.9. The summed E-state index contributed by atoms with van der Waals surface area (Å²) in [7, 11) is 0. The van der Waals surface area contributed by atoms with Gasteiger partial charge in [0.25, 0.3) is 0 Å². The minimum atomic E-state index is 0.297. The molecule has 2 aromatic rings. The first-order valence-corrected chi connectivity index (χ1v) is 6.03. The third-order valence-electron chi connectivity index (χ3n) is 3.48. The fourth-order valence-electron chi connectivity index (χ4n) is 2.58. The first kappa shape index (κ1) is 10.4. The largest absolute Gasteiger partial charge is 0.303 e. The number of benzene rings is 2. The zero-order valence-electron chi connectivity index (χ0n) is 9.71. The van der Waals surface area contributed by atoms with E-state index in [0.29, 0.717) is 6.04 Å². The van der Waals surface area contributed by atoms with E-state index in [-0.39, 0.29) is 0 Å². The fourth-order valence-corrected chi connectivity index (χ4v) is 2.58. The second-order valence-corrected chi connectivity index (χ2v) is 4.50. The number of para-hydroxylation sites is 1. The second-order valence-electron chi connectivity index (χ2n) is 4.50. The molecule has 86 valence electrons. The van der Waals surface area contributed by atoms with Gasteiger partial charge in [-0.05, 0) is 30.0 Å². The molecule has 3 rings (SSSR count). The van der Waals surface area contributed by atoms with Crippen molar-refractivity contribution in [2.45, 2.75) is 18.9 Å². The van der Waals surface area contributed by atoms with E-state index in [0.717, 1.165) is 18.5 Å². The maximum Gasteiger partial charge on any atom is 0.0705 e. The molecule has 0 aliphatic carbocycles. The molecule has 0 bridgehead atoms. The van der Waals surface area contributed by atoms with Crippen molar-refractivity contribution in [3.05, 3.63) is 65.7 Å². The SMILES string of the molecule is NN1c2ccccc2CCC1c1ccccc1. The highest BCUT2D eigenvalue weighted by atomic mass is 15.4. The Morgan fingerprint density at radius 2 is 1.65 bits per heavy atom. The lowest BCUT2D eigenvalue weighted by Gasteiger charge is -2.35. The van der Waals surface area contributed by atoms with Gasteiger partial charge in [-0.15, -0.1) is 0 Å². The van der Waals surface area contributed by atoms with Crippen molar-refractivity contribution in [1.82, 2.24) is 0 Å². The Morgan fingerprint density at radius 3 is 2.47 bits per heavy atom. The average molecular weight is 224 g/mol. The molecule has 1 unspecified atom stereocenters. The van der Waals surface area contributed by atoms with Crippen LogP contribution in [0.25, 0.3) is 0 Å². The maximum atomic E-state index is 6.26. The summed E-state index contributed by atoms with van der Waals surface area (Å²) in [5.41, 5.74) is 3.80. The molecule has 0 spiro atoms. The van der Waals surface area contributed by atoms with E-state index in [1.807, 2.05) is 17.1 Å².